The number of hydrogen-bond acceptors (Lipinski definition) is 5. The van der Waals surface area contributed by atoms with Crippen LogP contribution in [0.5, 0.6) is 0 Å². The number of rotatable bonds is 5. The average molecular weight is 385 g/mol. The molecule has 26 heavy (non-hydrogen) atoms. The van der Waals surface area contributed by atoms with Gasteiger partial charge in [-0.15, -0.1) is 11.3 Å². The molecule has 0 unspecified atom stereocenters. The molecule has 0 saturated carbocycles. The van der Waals surface area contributed by atoms with Gasteiger partial charge in [-0.1, -0.05) is 12.1 Å². The Labute approximate surface area is 148 Å². The van der Waals surface area contributed by atoms with E-state index in [1.807, 2.05) is 5.10 Å². The third kappa shape index (κ3) is 3.90. The summed E-state index contributed by atoms with van der Waals surface area (Å²) in [5.41, 5.74) is -0.846. The largest absolute Gasteiger partial charge is 0.461 e. The average Bonchev–Trinajstić information content (AvgIpc) is 3.24. The van der Waals surface area contributed by atoms with Crippen LogP contribution in [0, 0.1) is 5.82 Å². The normalized spacial score (nSPS) is 11.5. The molecule has 3 aromatic rings. The van der Waals surface area contributed by atoms with Crippen molar-refractivity contribution in [2.24, 2.45) is 0 Å². The van der Waals surface area contributed by atoms with Crippen molar-refractivity contribution in [2.45, 2.75) is 12.6 Å². The van der Waals surface area contributed by atoms with E-state index >= 15 is 0 Å². The predicted molar refractivity (Wildman–Crippen MR) is 85.1 cm³/mol. The maximum atomic E-state index is 13.7. The molecule has 0 aliphatic carbocycles. The van der Waals surface area contributed by atoms with Gasteiger partial charge in [0.1, 0.15) is 16.5 Å². The van der Waals surface area contributed by atoms with E-state index in [0.717, 1.165) is 17.5 Å². The van der Waals surface area contributed by atoms with Crippen LogP contribution in [0.15, 0.2) is 35.8 Å². The summed E-state index contributed by atoms with van der Waals surface area (Å²) < 4.78 is 56.8. The van der Waals surface area contributed by atoms with Crippen LogP contribution in [0.2, 0.25) is 0 Å². The van der Waals surface area contributed by atoms with E-state index in [2.05, 4.69) is 10.1 Å². The predicted octanol–water partition coefficient (Wildman–Crippen LogP) is 4.09. The van der Waals surface area contributed by atoms with Crippen LogP contribution in [0.4, 0.5) is 17.6 Å². The fourth-order valence-corrected chi connectivity index (χ4v) is 3.02. The van der Waals surface area contributed by atoms with Crippen LogP contribution in [-0.4, -0.2) is 27.8 Å². The van der Waals surface area contributed by atoms with Crippen LogP contribution < -0.4 is 0 Å². The van der Waals surface area contributed by atoms with Crippen molar-refractivity contribution in [2.75, 3.05) is 6.61 Å². The zero-order valence-electron chi connectivity index (χ0n) is 13.0. The second kappa shape index (κ2) is 7.24. The number of esters is 1. The van der Waals surface area contributed by atoms with E-state index in [4.69, 9.17) is 4.74 Å². The van der Waals surface area contributed by atoms with E-state index < -0.39 is 23.7 Å². The van der Waals surface area contributed by atoms with E-state index in [1.54, 1.807) is 6.07 Å². The van der Waals surface area contributed by atoms with Gasteiger partial charge in [0.15, 0.2) is 5.69 Å². The topological polar surface area (TPSA) is 67.9 Å². The Morgan fingerprint density at radius 3 is 2.77 bits per heavy atom. The van der Waals surface area contributed by atoms with Crippen molar-refractivity contribution in [3.05, 3.63) is 58.6 Å². The molecular formula is C16H11F4N3O2S. The van der Waals surface area contributed by atoms with Crippen molar-refractivity contribution >= 4 is 17.3 Å². The molecule has 0 amide bonds. The quantitative estimate of drug-likeness (QED) is 0.531. The maximum Gasteiger partial charge on any atom is 0.433 e. The Hall–Kier alpha value is -2.75. The second-order valence-corrected chi connectivity index (χ2v) is 6.03. The lowest BCUT2D eigenvalue weighted by Crippen LogP contribution is -2.12. The summed E-state index contributed by atoms with van der Waals surface area (Å²) in [5, 5.41) is 6.95. The number of aromatic nitrogens is 3. The number of thiazole rings is 1. The molecule has 136 valence electrons. The number of halogens is 4. The first-order valence-electron chi connectivity index (χ1n) is 7.33. The van der Waals surface area contributed by atoms with Crippen LogP contribution >= 0.6 is 11.3 Å². The molecule has 0 radical (unpaired) electrons. The summed E-state index contributed by atoms with van der Waals surface area (Å²) in [6.45, 7) is -0.270. The molecule has 0 atom stereocenters. The summed E-state index contributed by atoms with van der Waals surface area (Å²) >= 11 is 1.07. The zero-order chi connectivity index (χ0) is 18.7. The molecule has 2 aromatic heterocycles. The summed E-state index contributed by atoms with van der Waals surface area (Å²) in [6.07, 6.45) is -3.67. The van der Waals surface area contributed by atoms with Crippen molar-refractivity contribution in [1.29, 1.82) is 0 Å². The van der Waals surface area contributed by atoms with Gasteiger partial charge in [-0.05, 0) is 12.1 Å². The lowest BCUT2D eigenvalue weighted by molar-refractivity contribution is -0.141. The fraction of sp³-hybridized carbons (Fsp3) is 0.188. The molecular weight excluding hydrogens is 374 g/mol. The fourth-order valence-electron chi connectivity index (χ4n) is 2.20. The lowest BCUT2D eigenvalue weighted by Gasteiger charge is -2.07. The number of aromatic amines is 1. The number of benzene rings is 1. The Morgan fingerprint density at radius 1 is 1.27 bits per heavy atom. The molecule has 0 saturated heterocycles. The molecule has 0 aliphatic heterocycles. The van der Waals surface area contributed by atoms with Gasteiger partial charge in [0.25, 0.3) is 0 Å². The van der Waals surface area contributed by atoms with Crippen molar-refractivity contribution in [3.63, 3.8) is 0 Å². The van der Waals surface area contributed by atoms with Crippen LogP contribution in [0.1, 0.15) is 21.7 Å². The molecule has 10 heteroatoms. The minimum absolute atomic E-state index is 0.0310. The first-order chi connectivity index (χ1) is 12.4. The first-order valence-corrected chi connectivity index (χ1v) is 8.21. The molecule has 5 nitrogen and oxygen atoms in total. The summed E-state index contributed by atoms with van der Waals surface area (Å²) in [4.78, 5) is 16.0. The third-order valence-corrected chi connectivity index (χ3v) is 4.30. The van der Waals surface area contributed by atoms with Gasteiger partial charge < -0.3 is 4.74 Å². The zero-order valence-corrected chi connectivity index (χ0v) is 13.8. The monoisotopic (exact) mass is 385 g/mol. The highest BCUT2D eigenvalue weighted by molar-refractivity contribution is 7.13. The van der Waals surface area contributed by atoms with Crippen molar-refractivity contribution in [3.8, 4) is 10.6 Å². The Kier molecular flexibility index (Phi) is 5.03. The first kappa shape index (κ1) is 18.1. The Morgan fingerprint density at radius 2 is 2.04 bits per heavy atom. The van der Waals surface area contributed by atoms with Crippen LogP contribution in [0.25, 0.3) is 10.6 Å². The molecule has 1 aromatic carbocycles. The van der Waals surface area contributed by atoms with Gasteiger partial charge in [0.2, 0.25) is 0 Å². The lowest BCUT2D eigenvalue weighted by atomic mass is 10.2. The standard InChI is InChI=1S/C16H11F4N3O2S/c17-11-4-2-1-3-10(11)14-22-12(8-26-14)15(24)25-6-5-9-7-21-23-13(9)16(18,19)20/h1-4,7-8H,5-6H2,(H,21,23). The van der Waals surface area contributed by atoms with E-state index in [1.165, 1.54) is 23.6 Å². The number of carbonyl (C=O) groups excluding carboxylic acids is 1. The number of alkyl halides is 3. The molecule has 0 aliphatic rings. The van der Waals surface area contributed by atoms with E-state index in [0.29, 0.717) is 5.01 Å². The SMILES string of the molecule is O=C(OCCc1cn[nH]c1C(F)(F)F)c1csc(-c2ccccc2F)n1. The number of hydrogen-bond donors (Lipinski definition) is 1. The van der Waals surface area contributed by atoms with Gasteiger partial charge >= 0.3 is 12.1 Å². The minimum Gasteiger partial charge on any atom is -0.461 e. The number of nitrogens with one attached hydrogen (secondary N) is 1. The molecule has 2 heterocycles. The molecule has 1 N–H and O–H groups in total. The number of H-pyrrole nitrogens is 1. The third-order valence-electron chi connectivity index (χ3n) is 3.42. The van der Waals surface area contributed by atoms with Crippen LogP contribution in [0.3, 0.4) is 0 Å². The highest BCUT2D eigenvalue weighted by Crippen LogP contribution is 2.30. The van der Waals surface area contributed by atoms with Gasteiger partial charge in [-0.25, -0.2) is 14.2 Å². The minimum atomic E-state index is -4.56. The second-order valence-electron chi connectivity index (χ2n) is 5.17. The number of carbonyl (C=O) groups is 1. The number of ether oxygens (including phenoxy) is 1. The van der Waals surface area contributed by atoms with Crippen molar-refractivity contribution < 1.29 is 27.1 Å². The molecule has 3 rings (SSSR count). The Bertz CT molecular complexity index is 920. The Balaban J connectivity index is 1.62. The molecule has 0 fully saturated rings. The molecule has 0 spiro atoms. The summed E-state index contributed by atoms with van der Waals surface area (Å²) in [7, 11) is 0. The van der Waals surface area contributed by atoms with E-state index in [9.17, 15) is 22.4 Å². The van der Waals surface area contributed by atoms with Gasteiger partial charge in [-0.2, -0.15) is 18.3 Å². The maximum absolute atomic E-state index is 13.7. The molecule has 0 bridgehead atoms. The highest BCUT2D eigenvalue weighted by Gasteiger charge is 2.35. The smallest absolute Gasteiger partial charge is 0.433 e. The van der Waals surface area contributed by atoms with Crippen molar-refractivity contribution in [1.82, 2.24) is 15.2 Å². The summed E-state index contributed by atoms with van der Waals surface area (Å²) in [6, 6.07) is 5.98. The van der Waals surface area contributed by atoms with Gasteiger partial charge in [0.05, 0.1) is 12.8 Å². The van der Waals surface area contributed by atoms with E-state index in [-0.39, 0.29) is 29.8 Å². The summed E-state index contributed by atoms with van der Waals surface area (Å²) in [5.74, 6) is -1.26. The van der Waals surface area contributed by atoms with Crippen LogP contribution in [-0.2, 0) is 17.3 Å². The van der Waals surface area contributed by atoms with Gasteiger partial charge in [-0.3, -0.25) is 5.10 Å². The number of nitrogens with zero attached hydrogens (tertiary/aromatic N) is 2. The highest BCUT2D eigenvalue weighted by atomic mass is 32.1. The van der Waals surface area contributed by atoms with Gasteiger partial charge in [0, 0.05) is 22.9 Å².